The van der Waals surface area contributed by atoms with E-state index in [1.54, 1.807) is 30.3 Å². The number of carbonyl (C=O) groups excluding carboxylic acids is 1. The van der Waals surface area contributed by atoms with E-state index in [-0.39, 0.29) is 16.3 Å². The molecule has 0 radical (unpaired) electrons. The molecule has 0 spiro atoms. The van der Waals surface area contributed by atoms with Crippen LogP contribution in [0, 0.1) is 0 Å². The molecule has 32 heavy (non-hydrogen) atoms. The number of piperidine rings is 1. The van der Waals surface area contributed by atoms with Crippen LogP contribution in [0.1, 0.15) is 32.1 Å². The first kappa shape index (κ1) is 22.9. The lowest BCUT2D eigenvalue weighted by atomic mass is 10.2. The summed E-state index contributed by atoms with van der Waals surface area (Å²) < 4.78 is 54.3. The third kappa shape index (κ3) is 4.59. The van der Waals surface area contributed by atoms with Crippen LogP contribution in [-0.2, 0) is 24.8 Å². The van der Waals surface area contributed by atoms with Crippen molar-refractivity contribution < 1.29 is 21.6 Å². The molecule has 172 valence electrons. The molecule has 1 N–H and O–H groups in total. The number of benzene rings is 2. The summed E-state index contributed by atoms with van der Waals surface area (Å²) in [6, 6.07) is 13.3. The van der Waals surface area contributed by atoms with Gasteiger partial charge in [-0.15, -0.1) is 0 Å². The maximum Gasteiger partial charge on any atom is 0.243 e. The zero-order valence-electron chi connectivity index (χ0n) is 17.7. The summed E-state index contributed by atoms with van der Waals surface area (Å²) >= 11 is 0. The first-order chi connectivity index (χ1) is 15.3. The minimum absolute atomic E-state index is 0.159. The minimum Gasteiger partial charge on any atom is -0.325 e. The van der Waals surface area contributed by atoms with E-state index in [9.17, 15) is 21.6 Å². The summed E-state index contributed by atoms with van der Waals surface area (Å²) in [4.78, 5) is 13.2. The van der Waals surface area contributed by atoms with E-state index in [1.165, 1.54) is 32.9 Å². The summed E-state index contributed by atoms with van der Waals surface area (Å²) in [5.41, 5.74) is 0.427. The summed E-state index contributed by atoms with van der Waals surface area (Å²) in [5, 5.41) is 2.74. The molecule has 2 aliphatic rings. The van der Waals surface area contributed by atoms with Crippen molar-refractivity contribution in [3.8, 4) is 0 Å². The van der Waals surface area contributed by atoms with Gasteiger partial charge in [-0.2, -0.15) is 8.61 Å². The van der Waals surface area contributed by atoms with E-state index in [1.807, 2.05) is 0 Å². The number of nitrogens with one attached hydrogen (secondary N) is 1. The lowest BCUT2D eigenvalue weighted by Crippen LogP contribution is -2.43. The average molecular weight is 478 g/mol. The van der Waals surface area contributed by atoms with Gasteiger partial charge < -0.3 is 5.32 Å². The molecule has 0 aromatic heterocycles. The molecule has 2 heterocycles. The highest BCUT2D eigenvalue weighted by Crippen LogP contribution is 2.27. The average Bonchev–Trinajstić information content (AvgIpc) is 3.32. The van der Waals surface area contributed by atoms with E-state index in [2.05, 4.69) is 5.32 Å². The molecule has 2 saturated heterocycles. The highest BCUT2D eigenvalue weighted by molar-refractivity contribution is 7.89. The fourth-order valence-corrected chi connectivity index (χ4v) is 7.40. The fourth-order valence-electron chi connectivity index (χ4n) is 4.21. The molecular formula is C22H27N3O5S2. The maximum absolute atomic E-state index is 13.0. The summed E-state index contributed by atoms with van der Waals surface area (Å²) in [7, 11) is -7.32. The van der Waals surface area contributed by atoms with Gasteiger partial charge in [-0.3, -0.25) is 4.79 Å². The highest BCUT2D eigenvalue weighted by atomic mass is 32.2. The molecule has 2 fully saturated rings. The standard InChI is InChI=1S/C22H27N3O5S2/c26-22(21-10-7-17-25(21)32(29,30)19-8-3-1-4-9-19)23-18-11-13-20(14-12-18)31(27,28)24-15-5-2-6-16-24/h1,3-4,8-9,11-14,21H,2,5-7,10,15-17H2,(H,23,26). The van der Waals surface area contributed by atoms with Gasteiger partial charge in [0.15, 0.2) is 0 Å². The van der Waals surface area contributed by atoms with Crippen LogP contribution in [0.2, 0.25) is 0 Å². The van der Waals surface area contributed by atoms with Gasteiger partial charge in [0, 0.05) is 25.3 Å². The molecule has 1 unspecified atom stereocenters. The third-order valence-corrected chi connectivity index (χ3v) is 9.77. The van der Waals surface area contributed by atoms with E-state index >= 15 is 0 Å². The number of sulfonamides is 2. The number of carbonyl (C=O) groups is 1. The normalized spacial score (nSPS) is 20.8. The zero-order chi connectivity index (χ0) is 22.8. The summed E-state index contributed by atoms with van der Waals surface area (Å²) in [6.45, 7) is 1.32. The van der Waals surface area contributed by atoms with Crippen molar-refractivity contribution in [2.45, 2.75) is 47.9 Å². The van der Waals surface area contributed by atoms with Gasteiger partial charge in [0.2, 0.25) is 26.0 Å². The predicted octanol–water partition coefficient (Wildman–Crippen LogP) is 2.65. The van der Waals surface area contributed by atoms with Crippen molar-refractivity contribution in [2.75, 3.05) is 25.0 Å². The van der Waals surface area contributed by atoms with Crippen LogP contribution in [0.5, 0.6) is 0 Å². The Morgan fingerprint density at radius 1 is 0.750 bits per heavy atom. The SMILES string of the molecule is O=C(Nc1ccc(S(=O)(=O)N2CCCCC2)cc1)C1CCCN1S(=O)(=O)c1ccccc1. The Balaban J connectivity index is 1.47. The second kappa shape index (κ2) is 9.30. The molecule has 2 aliphatic heterocycles. The Morgan fingerprint density at radius 3 is 2.03 bits per heavy atom. The molecule has 2 aromatic carbocycles. The molecule has 0 bridgehead atoms. The Bertz CT molecular complexity index is 1160. The number of rotatable bonds is 6. The van der Waals surface area contributed by atoms with Crippen molar-refractivity contribution in [1.29, 1.82) is 0 Å². The molecule has 4 rings (SSSR count). The van der Waals surface area contributed by atoms with Crippen molar-refractivity contribution in [2.24, 2.45) is 0 Å². The molecule has 8 nitrogen and oxygen atoms in total. The van der Waals surface area contributed by atoms with Crippen LogP contribution in [0.15, 0.2) is 64.4 Å². The number of amides is 1. The van der Waals surface area contributed by atoms with E-state index in [0.717, 1.165) is 19.3 Å². The van der Waals surface area contributed by atoms with Crippen molar-refractivity contribution in [3.05, 3.63) is 54.6 Å². The molecule has 2 aromatic rings. The summed E-state index contributed by atoms with van der Waals surface area (Å²) in [6.07, 6.45) is 3.78. The van der Waals surface area contributed by atoms with Gasteiger partial charge in [0.1, 0.15) is 6.04 Å². The Hall–Kier alpha value is -2.27. The number of hydrogen-bond donors (Lipinski definition) is 1. The van der Waals surface area contributed by atoms with E-state index < -0.39 is 32.0 Å². The van der Waals surface area contributed by atoms with Crippen LogP contribution in [0.25, 0.3) is 0 Å². The topological polar surface area (TPSA) is 104 Å². The monoisotopic (exact) mass is 477 g/mol. The van der Waals surface area contributed by atoms with Gasteiger partial charge in [0.25, 0.3) is 0 Å². The van der Waals surface area contributed by atoms with Gasteiger partial charge in [-0.25, -0.2) is 16.8 Å². The quantitative estimate of drug-likeness (QED) is 0.689. The van der Waals surface area contributed by atoms with Gasteiger partial charge >= 0.3 is 0 Å². The predicted molar refractivity (Wildman–Crippen MR) is 121 cm³/mol. The summed E-state index contributed by atoms with van der Waals surface area (Å²) in [5.74, 6) is -0.423. The smallest absolute Gasteiger partial charge is 0.243 e. The van der Waals surface area contributed by atoms with Crippen LogP contribution in [-0.4, -0.2) is 57.0 Å². The second-order valence-corrected chi connectivity index (χ2v) is 11.9. The van der Waals surface area contributed by atoms with Crippen LogP contribution < -0.4 is 5.32 Å². The largest absolute Gasteiger partial charge is 0.325 e. The molecule has 10 heteroatoms. The van der Waals surface area contributed by atoms with Gasteiger partial charge in [0.05, 0.1) is 9.79 Å². The minimum atomic E-state index is -3.78. The molecule has 1 atom stereocenters. The van der Waals surface area contributed by atoms with Crippen LogP contribution in [0.4, 0.5) is 5.69 Å². The number of hydrogen-bond acceptors (Lipinski definition) is 5. The van der Waals surface area contributed by atoms with Crippen LogP contribution >= 0.6 is 0 Å². The molecular weight excluding hydrogens is 450 g/mol. The maximum atomic E-state index is 13.0. The van der Waals surface area contributed by atoms with Crippen molar-refractivity contribution in [3.63, 3.8) is 0 Å². The number of anilines is 1. The highest BCUT2D eigenvalue weighted by Gasteiger charge is 2.39. The van der Waals surface area contributed by atoms with E-state index in [0.29, 0.717) is 31.6 Å². The van der Waals surface area contributed by atoms with Gasteiger partial charge in [-0.05, 0) is 62.1 Å². The van der Waals surface area contributed by atoms with Gasteiger partial charge in [-0.1, -0.05) is 24.6 Å². The van der Waals surface area contributed by atoms with Crippen molar-refractivity contribution >= 4 is 31.6 Å². The molecule has 0 aliphatic carbocycles. The lowest BCUT2D eigenvalue weighted by Gasteiger charge is -2.26. The lowest BCUT2D eigenvalue weighted by molar-refractivity contribution is -0.119. The Labute approximate surface area is 189 Å². The zero-order valence-corrected chi connectivity index (χ0v) is 19.3. The van der Waals surface area contributed by atoms with Crippen molar-refractivity contribution in [1.82, 2.24) is 8.61 Å². The Kier molecular flexibility index (Phi) is 6.66. The molecule has 1 amide bonds. The fraction of sp³-hybridized carbons (Fsp3) is 0.409. The van der Waals surface area contributed by atoms with Crippen LogP contribution in [0.3, 0.4) is 0 Å². The molecule has 0 saturated carbocycles. The third-order valence-electron chi connectivity index (χ3n) is 5.93. The first-order valence-corrected chi connectivity index (χ1v) is 13.7. The second-order valence-electron chi connectivity index (χ2n) is 8.07. The Morgan fingerprint density at radius 2 is 1.38 bits per heavy atom. The van der Waals surface area contributed by atoms with E-state index in [4.69, 9.17) is 0 Å². The first-order valence-electron chi connectivity index (χ1n) is 10.8. The number of nitrogens with zero attached hydrogens (tertiary/aromatic N) is 2.